The van der Waals surface area contributed by atoms with Gasteiger partial charge in [0.05, 0.1) is 5.75 Å². The molecule has 0 spiro atoms. The van der Waals surface area contributed by atoms with Crippen LogP contribution in [0.25, 0.3) is 0 Å². The molecule has 3 N–H and O–H groups in total. The highest BCUT2D eigenvalue weighted by Gasteiger charge is 2.13. The maximum absolute atomic E-state index is 12.1. The molecule has 0 aliphatic rings. The van der Waals surface area contributed by atoms with Gasteiger partial charge in [-0.1, -0.05) is 52.3 Å². The highest BCUT2D eigenvalue weighted by molar-refractivity contribution is 9.10. The second-order valence-corrected chi connectivity index (χ2v) is 7.03. The molecule has 0 aromatic heterocycles. The zero-order chi connectivity index (χ0) is 14.6. The van der Waals surface area contributed by atoms with E-state index >= 15 is 0 Å². The Morgan fingerprint density at radius 2 is 1.60 bits per heavy atom. The number of hydrogen-bond acceptors (Lipinski definition) is 3. The Labute approximate surface area is 127 Å². The van der Waals surface area contributed by atoms with Crippen molar-refractivity contribution in [1.82, 2.24) is 4.72 Å². The summed E-state index contributed by atoms with van der Waals surface area (Å²) in [7, 11) is -3.42. The van der Waals surface area contributed by atoms with Gasteiger partial charge in [-0.15, -0.1) is 0 Å². The van der Waals surface area contributed by atoms with Gasteiger partial charge in [0.25, 0.3) is 0 Å². The topological polar surface area (TPSA) is 72.2 Å². The van der Waals surface area contributed by atoms with Crippen LogP contribution in [0, 0.1) is 0 Å². The Bertz CT molecular complexity index is 702. The Kier molecular flexibility index (Phi) is 4.80. The molecule has 2 aromatic carbocycles. The van der Waals surface area contributed by atoms with Crippen LogP contribution < -0.4 is 10.5 Å². The molecular weight excluding hydrogens is 340 g/mol. The van der Waals surface area contributed by atoms with E-state index in [0.29, 0.717) is 11.3 Å². The fourth-order valence-electron chi connectivity index (χ4n) is 1.75. The van der Waals surface area contributed by atoms with Gasteiger partial charge < -0.3 is 5.73 Å². The molecule has 20 heavy (non-hydrogen) atoms. The molecule has 0 aliphatic carbocycles. The van der Waals surface area contributed by atoms with Crippen LogP contribution >= 0.6 is 15.9 Å². The molecule has 0 atom stereocenters. The van der Waals surface area contributed by atoms with E-state index in [-0.39, 0.29) is 12.3 Å². The number of para-hydroxylation sites is 1. The van der Waals surface area contributed by atoms with Crippen LogP contribution in [0.15, 0.2) is 53.0 Å². The van der Waals surface area contributed by atoms with Gasteiger partial charge in [-0.3, -0.25) is 0 Å². The van der Waals surface area contributed by atoms with Crippen molar-refractivity contribution < 1.29 is 8.42 Å². The van der Waals surface area contributed by atoms with Gasteiger partial charge in [-0.25, -0.2) is 13.1 Å². The number of sulfonamides is 1. The predicted molar refractivity (Wildman–Crippen MR) is 84.5 cm³/mol. The van der Waals surface area contributed by atoms with Crippen LogP contribution in [0.4, 0.5) is 5.69 Å². The zero-order valence-corrected chi connectivity index (χ0v) is 13.1. The zero-order valence-electron chi connectivity index (χ0n) is 10.7. The number of hydrogen-bond donors (Lipinski definition) is 2. The summed E-state index contributed by atoms with van der Waals surface area (Å²) >= 11 is 3.39. The minimum absolute atomic E-state index is 0.121. The van der Waals surface area contributed by atoms with Crippen molar-refractivity contribution in [2.24, 2.45) is 0 Å². The lowest BCUT2D eigenvalue weighted by molar-refractivity contribution is 0.580. The van der Waals surface area contributed by atoms with E-state index in [1.807, 2.05) is 24.3 Å². The molecule has 0 radical (unpaired) electrons. The maximum Gasteiger partial charge on any atom is 0.216 e. The Balaban J connectivity index is 2.05. The quantitative estimate of drug-likeness (QED) is 0.810. The van der Waals surface area contributed by atoms with E-state index in [0.717, 1.165) is 10.0 Å². The average molecular weight is 355 g/mol. The first-order valence-corrected chi connectivity index (χ1v) is 8.46. The number of anilines is 1. The van der Waals surface area contributed by atoms with Gasteiger partial charge in [0, 0.05) is 16.7 Å². The third kappa shape index (κ3) is 4.06. The van der Waals surface area contributed by atoms with Gasteiger partial charge in [0.2, 0.25) is 10.0 Å². The van der Waals surface area contributed by atoms with Gasteiger partial charge in [-0.2, -0.15) is 0 Å². The van der Waals surface area contributed by atoms with Crippen molar-refractivity contribution in [3.05, 3.63) is 64.1 Å². The van der Waals surface area contributed by atoms with Crippen molar-refractivity contribution >= 4 is 31.6 Å². The molecule has 2 rings (SSSR count). The highest BCUT2D eigenvalue weighted by Crippen LogP contribution is 2.17. The predicted octanol–water partition coefficient (Wildman–Crippen LogP) is 2.65. The smallest absolute Gasteiger partial charge is 0.216 e. The summed E-state index contributed by atoms with van der Waals surface area (Å²) in [6.07, 6.45) is 0. The lowest BCUT2D eigenvalue weighted by Crippen LogP contribution is -2.25. The molecule has 0 heterocycles. The third-order valence-electron chi connectivity index (χ3n) is 2.84. The van der Waals surface area contributed by atoms with Crippen molar-refractivity contribution in [1.29, 1.82) is 0 Å². The largest absolute Gasteiger partial charge is 0.398 e. The number of nitrogens with two attached hydrogens (primary N) is 1. The number of benzene rings is 2. The third-order valence-corrected chi connectivity index (χ3v) is 4.89. The monoisotopic (exact) mass is 354 g/mol. The van der Waals surface area contributed by atoms with E-state index in [9.17, 15) is 8.42 Å². The van der Waals surface area contributed by atoms with Gasteiger partial charge in [0.1, 0.15) is 0 Å². The summed E-state index contributed by atoms with van der Waals surface area (Å²) < 4.78 is 27.6. The second kappa shape index (κ2) is 6.39. The Hall–Kier alpha value is -1.37. The summed E-state index contributed by atoms with van der Waals surface area (Å²) in [6.45, 7) is 0.247. The van der Waals surface area contributed by atoms with E-state index in [1.165, 1.54) is 0 Å². The molecule has 4 nitrogen and oxygen atoms in total. The van der Waals surface area contributed by atoms with Gasteiger partial charge in [0.15, 0.2) is 0 Å². The molecular formula is C14H15BrN2O2S. The summed E-state index contributed by atoms with van der Waals surface area (Å²) in [5.74, 6) is -0.121. The molecule has 0 unspecified atom stereocenters. The number of halogens is 1. The van der Waals surface area contributed by atoms with Crippen LogP contribution in [0.5, 0.6) is 0 Å². The van der Waals surface area contributed by atoms with E-state index in [2.05, 4.69) is 20.7 Å². The van der Waals surface area contributed by atoms with Gasteiger partial charge >= 0.3 is 0 Å². The van der Waals surface area contributed by atoms with Crippen LogP contribution in [0.3, 0.4) is 0 Å². The first kappa shape index (κ1) is 15.0. The number of nitrogen functional groups attached to an aromatic ring is 1. The lowest BCUT2D eigenvalue weighted by atomic mass is 10.2. The second-order valence-electron chi connectivity index (χ2n) is 4.37. The lowest BCUT2D eigenvalue weighted by Gasteiger charge is -2.09. The van der Waals surface area contributed by atoms with Crippen LogP contribution in [0.1, 0.15) is 11.1 Å². The molecule has 2 aromatic rings. The fourth-order valence-corrected chi connectivity index (χ4v) is 3.33. The minimum Gasteiger partial charge on any atom is -0.398 e. The molecule has 0 saturated heterocycles. The van der Waals surface area contributed by atoms with Crippen molar-refractivity contribution in [2.45, 2.75) is 12.3 Å². The van der Waals surface area contributed by atoms with E-state index < -0.39 is 10.0 Å². The van der Waals surface area contributed by atoms with Gasteiger partial charge in [-0.05, 0) is 23.3 Å². The summed E-state index contributed by atoms with van der Waals surface area (Å²) in [4.78, 5) is 0. The van der Waals surface area contributed by atoms with Crippen molar-refractivity contribution in [3.8, 4) is 0 Å². The molecule has 0 aliphatic heterocycles. The average Bonchev–Trinajstić information content (AvgIpc) is 2.40. The highest BCUT2D eigenvalue weighted by atomic mass is 79.9. The van der Waals surface area contributed by atoms with Crippen LogP contribution in [-0.2, 0) is 22.3 Å². The van der Waals surface area contributed by atoms with Crippen LogP contribution in [0.2, 0.25) is 0 Å². The normalized spacial score (nSPS) is 11.4. The SMILES string of the molecule is Nc1ccccc1CS(=O)(=O)NCc1ccccc1Br. The first-order chi connectivity index (χ1) is 9.48. The summed E-state index contributed by atoms with van der Waals surface area (Å²) in [6, 6.07) is 14.4. The Morgan fingerprint density at radius 1 is 1.00 bits per heavy atom. The molecule has 0 fully saturated rings. The fraction of sp³-hybridized carbons (Fsp3) is 0.143. The molecule has 0 amide bonds. The summed E-state index contributed by atoms with van der Waals surface area (Å²) in [5, 5.41) is 0. The maximum atomic E-state index is 12.1. The molecule has 0 bridgehead atoms. The van der Waals surface area contributed by atoms with Crippen molar-refractivity contribution in [3.63, 3.8) is 0 Å². The number of nitrogens with one attached hydrogen (secondary N) is 1. The Morgan fingerprint density at radius 3 is 2.25 bits per heavy atom. The molecule has 106 valence electrons. The molecule has 0 saturated carbocycles. The molecule has 6 heteroatoms. The van der Waals surface area contributed by atoms with Crippen LogP contribution in [-0.4, -0.2) is 8.42 Å². The van der Waals surface area contributed by atoms with E-state index in [4.69, 9.17) is 5.73 Å². The minimum atomic E-state index is -3.42. The number of rotatable bonds is 5. The van der Waals surface area contributed by atoms with E-state index in [1.54, 1.807) is 24.3 Å². The standard InChI is InChI=1S/C14H15BrN2O2S/c15-13-7-3-1-5-11(13)9-17-20(18,19)10-12-6-2-4-8-14(12)16/h1-8,17H,9-10,16H2. The summed E-state index contributed by atoms with van der Waals surface area (Å²) in [5.41, 5.74) is 7.73. The first-order valence-electron chi connectivity index (χ1n) is 6.02. The van der Waals surface area contributed by atoms with Crippen molar-refractivity contribution in [2.75, 3.05) is 5.73 Å².